The van der Waals surface area contributed by atoms with Crippen LogP contribution in [0.3, 0.4) is 0 Å². The first kappa shape index (κ1) is 13.2. The Morgan fingerprint density at radius 1 is 0.933 bits per heavy atom. The Labute approximate surface area is 97.3 Å². The largest absolute Gasteiger partial charge is 0.379 e. The second-order valence-electron chi connectivity index (χ2n) is 3.79. The maximum atomic E-state index is 5.60. The van der Waals surface area contributed by atoms with E-state index in [-0.39, 0.29) is 18.7 Å². The molecule has 4 nitrogen and oxygen atoms in total. The molecule has 0 bridgehead atoms. The van der Waals surface area contributed by atoms with Crippen LogP contribution in [0.4, 0.5) is 0 Å². The van der Waals surface area contributed by atoms with Crippen molar-refractivity contribution in [3.05, 3.63) is 0 Å². The van der Waals surface area contributed by atoms with E-state index in [4.69, 9.17) is 14.2 Å². The molecular formula is C10H20ClNO3. The zero-order valence-corrected chi connectivity index (χ0v) is 9.84. The van der Waals surface area contributed by atoms with Crippen LogP contribution in [0.1, 0.15) is 12.8 Å². The molecule has 0 aromatic heterocycles. The number of rotatable bonds is 2. The monoisotopic (exact) mass is 237 g/mol. The second-order valence-corrected chi connectivity index (χ2v) is 3.79. The smallest absolute Gasteiger partial charge is 0.170 e. The molecule has 0 saturated carbocycles. The summed E-state index contributed by atoms with van der Waals surface area (Å²) in [6, 6.07) is 0. The zero-order chi connectivity index (χ0) is 9.64. The molecule has 0 atom stereocenters. The van der Waals surface area contributed by atoms with Crippen LogP contribution >= 0.6 is 12.4 Å². The molecule has 0 amide bonds. The fourth-order valence-corrected chi connectivity index (χ4v) is 1.78. The molecule has 0 aromatic carbocycles. The maximum Gasteiger partial charge on any atom is 0.170 e. The normalized spacial score (nSPS) is 25.6. The summed E-state index contributed by atoms with van der Waals surface area (Å²) >= 11 is 0. The van der Waals surface area contributed by atoms with E-state index in [1.807, 2.05) is 0 Å². The van der Waals surface area contributed by atoms with Crippen LogP contribution in [0, 0.1) is 0 Å². The standard InChI is InChI=1S/C10H19NO3.ClH/c1-2-6-14-10(13-5-1)9-11-3-7-12-8-4-11;/h10H,1-9H2;1H. The second kappa shape index (κ2) is 7.41. The molecule has 2 saturated heterocycles. The average molecular weight is 238 g/mol. The number of nitrogens with zero attached hydrogens (tertiary/aromatic N) is 1. The molecule has 2 heterocycles. The quantitative estimate of drug-likeness (QED) is 0.714. The topological polar surface area (TPSA) is 30.9 Å². The summed E-state index contributed by atoms with van der Waals surface area (Å²) in [4.78, 5) is 2.35. The van der Waals surface area contributed by atoms with Crippen molar-refractivity contribution < 1.29 is 14.2 Å². The molecule has 0 aromatic rings. The van der Waals surface area contributed by atoms with Crippen LogP contribution in [-0.2, 0) is 14.2 Å². The van der Waals surface area contributed by atoms with Gasteiger partial charge in [0.1, 0.15) is 0 Å². The minimum atomic E-state index is -0.0180. The van der Waals surface area contributed by atoms with E-state index in [0.29, 0.717) is 0 Å². The van der Waals surface area contributed by atoms with Gasteiger partial charge in [-0.25, -0.2) is 0 Å². The Bertz CT molecular complexity index is 157. The molecule has 2 fully saturated rings. The highest BCUT2D eigenvalue weighted by Gasteiger charge is 2.18. The summed E-state index contributed by atoms with van der Waals surface area (Å²) < 4.78 is 16.5. The highest BCUT2D eigenvalue weighted by atomic mass is 35.5. The maximum absolute atomic E-state index is 5.60. The minimum absolute atomic E-state index is 0. The fourth-order valence-electron chi connectivity index (χ4n) is 1.78. The predicted molar refractivity (Wildman–Crippen MR) is 59.4 cm³/mol. The minimum Gasteiger partial charge on any atom is -0.379 e. The lowest BCUT2D eigenvalue weighted by Crippen LogP contribution is -2.42. The van der Waals surface area contributed by atoms with E-state index in [1.165, 1.54) is 0 Å². The van der Waals surface area contributed by atoms with Gasteiger partial charge < -0.3 is 14.2 Å². The Kier molecular flexibility index (Phi) is 6.52. The Hall–Kier alpha value is 0.130. The van der Waals surface area contributed by atoms with Crippen molar-refractivity contribution in [3.63, 3.8) is 0 Å². The van der Waals surface area contributed by atoms with Crippen LogP contribution in [0.2, 0.25) is 0 Å². The summed E-state index contributed by atoms with van der Waals surface area (Å²) in [5.41, 5.74) is 0. The van der Waals surface area contributed by atoms with Gasteiger partial charge in [-0.05, 0) is 12.8 Å². The van der Waals surface area contributed by atoms with Crippen LogP contribution in [0.5, 0.6) is 0 Å². The number of hydrogen-bond acceptors (Lipinski definition) is 4. The van der Waals surface area contributed by atoms with Gasteiger partial charge in [-0.15, -0.1) is 12.4 Å². The lowest BCUT2D eigenvalue weighted by Gasteiger charge is -2.29. The first-order valence-corrected chi connectivity index (χ1v) is 5.48. The Balaban J connectivity index is 0.00000112. The molecule has 0 spiro atoms. The highest BCUT2D eigenvalue weighted by Crippen LogP contribution is 2.08. The fraction of sp³-hybridized carbons (Fsp3) is 1.00. The molecule has 15 heavy (non-hydrogen) atoms. The molecule has 0 N–H and O–H groups in total. The van der Waals surface area contributed by atoms with Crippen molar-refractivity contribution in [1.82, 2.24) is 4.90 Å². The first-order chi connectivity index (χ1) is 6.95. The van der Waals surface area contributed by atoms with Gasteiger partial charge in [-0.1, -0.05) is 0 Å². The molecule has 0 radical (unpaired) electrons. The molecule has 90 valence electrons. The van der Waals surface area contributed by atoms with E-state index in [1.54, 1.807) is 0 Å². The SMILES string of the molecule is C1CCOC(CN2CCOCC2)OC1.Cl. The van der Waals surface area contributed by atoms with Crippen molar-refractivity contribution >= 4 is 12.4 Å². The van der Waals surface area contributed by atoms with Gasteiger partial charge in [0.25, 0.3) is 0 Å². The first-order valence-electron chi connectivity index (χ1n) is 5.48. The Morgan fingerprint density at radius 3 is 2.13 bits per heavy atom. The van der Waals surface area contributed by atoms with Crippen LogP contribution in [0.15, 0.2) is 0 Å². The Morgan fingerprint density at radius 2 is 1.53 bits per heavy atom. The van der Waals surface area contributed by atoms with E-state index in [2.05, 4.69) is 4.90 Å². The highest BCUT2D eigenvalue weighted by molar-refractivity contribution is 5.85. The van der Waals surface area contributed by atoms with Crippen LogP contribution < -0.4 is 0 Å². The van der Waals surface area contributed by atoms with Gasteiger partial charge in [-0.3, -0.25) is 4.90 Å². The molecule has 0 unspecified atom stereocenters. The number of hydrogen-bond donors (Lipinski definition) is 0. The van der Waals surface area contributed by atoms with Gasteiger partial charge in [-0.2, -0.15) is 0 Å². The number of morpholine rings is 1. The molecule has 2 aliphatic rings. The third-order valence-electron chi connectivity index (χ3n) is 2.66. The molecule has 5 heteroatoms. The summed E-state index contributed by atoms with van der Waals surface area (Å²) in [6.45, 7) is 6.26. The van der Waals surface area contributed by atoms with Gasteiger partial charge in [0.05, 0.1) is 13.2 Å². The molecule has 2 rings (SSSR count). The summed E-state index contributed by atoms with van der Waals surface area (Å²) in [6.07, 6.45) is 2.23. The van der Waals surface area contributed by atoms with E-state index < -0.39 is 0 Å². The third kappa shape index (κ3) is 4.66. The number of halogens is 1. The van der Waals surface area contributed by atoms with E-state index in [9.17, 15) is 0 Å². The van der Waals surface area contributed by atoms with Gasteiger partial charge in [0.15, 0.2) is 6.29 Å². The zero-order valence-electron chi connectivity index (χ0n) is 9.02. The van der Waals surface area contributed by atoms with Crippen molar-refractivity contribution in [2.75, 3.05) is 46.1 Å². The van der Waals surface area contributed by atoms with Gasteiger partial charge in [0.2, 0.25) is 0 Å². The summed E-state index contributed by atoms with van der Waals surface area (Å²) in [7, 11) is 0. The third-order valence-corrected chi connectivity index (χ3v) is 2.66. The van der Waals surface area contributed by atoms with Crippen LogP contribution in [-0.4, -0.2) is 57.3 Å². The molecule has 2 aliphatic heterocycles. The average Bonchev–Trinajstić information content (AvgIpc) is 2.48. The van der Waals surface area contributed by atoms with Gasteiger partial charge >= 0.3 is 0 Å². The van der Waals surface area contributed by atoms with E-state index >= 15 is 0 Å². The van der Waals surface area contributed by atoms with Crippen molar-refractivity contribution in [2.24, 2.45) is 0 Å². The van der Waals surface area contributed by atoms with Crippen molar-refractivity contribution in [3.8, 4) is 0 Å². The predicted octanol–water partition coefficient (Wildman–Crippen LogP) is 0.893. The summed E-state index contributed by atoms with van der Waals surface area (Å²) in [5.74, 6) is 0. The lowest BCUT2D eigenvalue weighted by atomic mass is 10.3. The molecule has 0 aliphatic carbocycles. The van der Waals surface area contributed by atoms with Gasteiger partial charge in [0, 0.05) is 32.8 Å². The van der Waals surface area contributed by atoms with Crippen molar-refractivity contribution in [1.29, 1.82) is 0 Å². The number of ether oxygens (including phenoxy) is 3. The van der Waals surface area contributed by atoms with Crippen LogP contribution in [0.25, 0.3) is 0 Å². The van der Waals surface area contributed by atoms with Crippen molar-refractivity contribution in [2.45, 2.75) is 19.1 Å². The molecular weight excluding hydrogens is 218 g/mol. The summed E-state index contributed by atoms with van der Waals surface area (Å²) in [5, 5.41) is 0. The van der Waals surface area contributed by atoms with E-state index in [0.717, 1.165) is 58.9 Å². The lowest BCUT2D eigenvalue weighted by molar-refractivity contribution is -0.143.